The molecule has 5 rings (SSSR count). The first-order valence-corrected chi connectivity index (χ1v) is 11.6. The summed E-state index contributed by atoms with van der Waals surface area (Å²) in [6.07, 6.45) is 6.31. The van der Waals surface area contributed by atoms with E-state index in [1.807, 2.05) is 6.07 Å². The molecule has 4 aromatic heterocycles. The first kappa shape index (κ1) is 22.3. The molecule has 0 saturated heterocycles. The topological polar surface area (TPSA) is 123 Å². The molecular weight excluding hydrogens is 478 g/mol. The standard InChI is InChI=1S/C23H16F2N6O3S/c1-34-23-20(31-35(32,33)21-3-2-15(24)9-17(21)25)8-14(11-27-23)16-5-6-26-19-10-18(30-22(16)19)13-4-7-28-29-12-13/h2-12,30-31H,1H3. The molecule has 0 unspecified atom stereocenters. The summed E-state index contributed by atoms with van der Waals surface area (Å²) < 4.78 is 60.6. The minimum Gasteiger partial charge on any atom is -0.480 e. The Bertz CT molecular complexity index is 1660. The minimum absolute atomic E-state index is 0.0243. The molecule has 0 aliphatic carbocycles. The maximum atomic E-state index is 14.2. The zero-order valence-electron chi connectivity index (χ0n) is 18.0. The number of rotatable bonds is 6. The Balaban J connectivity index is 1.58. The second-order valence-corrected chi connectivity index (χ2v) is 9.04. The number of hydrogen-bond donors (Lipinski definition) is 2. The number of halogens is 2. The van der Waals surface area contributed by atoms with Gasteiger partial charge >= 0.3 is 0 Å². The van der Waals surface area contributed by atoms with Crippen molar-refractivity contribution in [3.63, 3.8) is 0 Å². The predicted octanol–water partition coefficient (Wildman–Crippen LogP) is 4.17. The van der Waals surface area contributed by atoms with Crippen molar-refractivity contribution in [2.24, 2.45) is 0 Å². The Labute approximate surface area is 197 Å². The van der Waals surface area contributed by atoms with Crippen LogP contribution in [0.25, 0.3) is 33.4 Å². The van der Waals surface area contributed by atoms with Crippen LogP contribution in [0.2, 0.25) is 0 Å². The fourth-order valence-corrected chi connectivity index (χ4v) is 4.71. The largest absolute Gasteiger partial charge is 0.480 e. The van der Waals surface area contributed by atoms with Gasteiger partial charge in [-0.3, -0.25) is 9.71 Å². The lowest BCUT2D eigenvalue weighted by Crippen LogP contribution is -2.15. The quantitative estimate of drug-likeness (QED) is 0.363. The van der Waals surface area contributed by atoms with Crippen LogP contribution in [0.4, 0.5) is 14.5 Å². The van der Waals surface area contributed by atoms with E-state index in [1.165, 1.54) is 19.4 Å². The number of nitrogens with zero attached hydrogens (tertiary/aromatic N) is 4. The van der Waals surface area contributed by atoms with E-state index in [0.717, 1.165) is 23.4 Å². The van der Waals surface area contributed by atoms with Crippen molar-refractivity contribution in [2.75, 3.05) is 11.8 Å². The smallest absolute Gasteiger partial charge is 0.264 e. The number of methoxy groups -OCH3 is 1. The van der Waals surface area contributed by atoms with Crippen LogP contribution in [0, 0.1) is 11.6 Å². The van der Waals surface area contributed by atoms with E-state index in [9.17, 15) is 17.2 Å². The van der Waals surface area contributed by atoms with Gasteiger partial charge < -0.3 is 9.72 Å². The molecule has 0 radical (unpaired) electrons. The van der Waals surface area contributed by atoms with Crippen LogP contribution in [0.3, 0.4) is 0 Å². The maximum Gasteiger partial charge on any atom is 0.264 e. The molecule has 0 spiro atoms. The molecule has 35 heavy (non-hydrogen) atoms. The summed E-state index contributed by atoms with van der Waals surface area (Å²) in [7, 11) is -3.09. The normalized spacial score (nSPS) is 11.5. The molecule has 4 heterocycles. The maximum absolute atomic E-state index is 14.2. The molecule has 176 valence electrons. The van der Waals surface area contributed by atoms with Gasteiger partial charge in [0.25, 0.3) is 10.0 Å². The number of H-pyrrole nitrogens is 1. The van der Waals surface area contributed by atoms with Crippen LogP contribution in [0.5, 0.6) is 5.88 Å². The fourth-order valence-electron chi connectivity index (χ4n) is 3.60. The first-order valence-electron chi connectivity index (χ1n) is 10.1. The number of anilines is 1. The van der Waals surface area contributed by atoms with Crippen molar-refractivity contribution in [1.29, 1.82) is 0 Å². The van der Waals surface area contributed by atoms with E-state index in [4.69, 9.17) is 4.74 Å². The SMILES string of the molecule is COc1ncc(-c2ccnc3cc(-c4ccnnc4)[nH]c23)cc1NS(=O)(=O)c1ccc(F)cc1F. The summed E-state index contributed by atoms with van der Waals surface area (Å²) in [5.41, 5.74) is 4.13. The summed E-state index contributed by atoms with van der Waals surface area (Å²) in [5, 5.41) is 7.66. The van der Waals surface area contributed by atoms with Gasteiger partial charge in [-0.2, -0.15) is 10.2 Å². The lowest BCUT2D eigenvalue weighted by molar-refractivity contribution is 0.400. The van der Waals surface area contributed by atoms with Crippen molar-refractivity contribution >= 4 is 26.7 Å². The van der Waals surface area contributed by atoms with Crippen LogP contribution in [-0.4, -0.2) is 40.7 Å². The molecule has 0 saturated carbocycles. The minimum atomic E-state index is -4.41. The average Bonchev–Trinajstić information content (AvgIpc) is 3.29. The van der Waals surface area contributed by atoms with Gasteiger partial charge in [0.1, 0.15) is 22.2 Å². The predicted molar refractivity (Wildman–Crippen MR) is 124 cm³/mol. The third kappa shape index (κ3) is 4.26. The van der Waals surface area contributed by atoms with E-state index in [1.54, 1.807) is 30.7 Å². The van der Waals surface area contributed by atoms with Crippen LogP contribution < -0.4 is 9.46 Å². The van der Waals surface area contributed by atoms with Crippen molar-refractivity contribution in [2.45, 2.75) is 4.90 Å². The highest BCUT2D eigenvalue weighted by atomic mass is 32.2. The molecule has 12 heteroatoms. The van der Waals surface area contributed by atoms with Gasteiger partial charge in [-0.25, -0.2) is 22.2 Å². The van der Waals surface area contributed by atoms with Crippen LogP contribution in [-0.2, 0) is 10.0 Å². The summed E-state index contributed by atoms with van der Waals surface area (Å²) in [5.74, 6) is -2.14. The van der Waals surface area contributed by atoms with Crippen molar-refractivity contribution in [1.82, 2.24) is 25.1 Å². The Hall–Kier alpha value is -4.45. The van der Waals surface area contributed by atoms with Crippen LogP contribution >= 0.6 is 0 Å². The van der Waals surface area contributed by atoms with Gasteiger partial charge in [0.05, 0.1) is 30.5 Å². The van der Waals surface area contributed by atoms with Crippen LogP contribution in [0.15, 0.2) is 72.1 Å². The summed E-state index contributed by atoms with van der Waals surface area (Å²) in [6, 6.07) is 9.11. The lowest BCUT2D eigenvalue weighted by atomic mass is 10.1. The third-order valence-electron chi connectivity index (χ3n) is 5.20. The number of aromatic amines is 1. The van der Waals surface area contributed by atoms with E-state index in [-0.39, 0.29) is 11.6 Å². The van der Waals surface area contributed by atoms with Gasteiger partial charge in [-0.05, 0) is 36.4 Å². The van der Waals surface area contributed by atoms with Gasteiger partial charge in [0.15, 0.2) is 0 Å². The number of pyridine rings is 2. The summed E-state index contributed by atoms with van der Waals surface area (Å²) in [6.45, 7) is 0. The first-order chi connectivity index (χ1) is 16.9. The summed E-state index contributed by atoms with van der Waals surface area (Å²) >= 11 is 0. The monoisotopic (exact) mass is 494 g/mol. The highest BCUT2D eigenvalue weighted by Gasteiger charge is 2.22. The number of ether oxygens (including phenoxy) is 1. The van der Waals surface area contributed by atoms with Gasteiger partial charge in [0.2, 0.25) is 5.88 Å². The second-order valence-electron chi connectivity index (χ2n) is 7.39. The number of aromatic nitrogens is 5. The van der Waals surface area contributed by atoms with Crippen LogP contribution in [0.1, 0.15) is 0 Å². The second kappa shape index (κ2) is 8.72. The third-order valence-corrected chi connectivity index (χ3v) is 6.60. The zero-order chi connectivity index (χ0) is 24.6. The van der Waals surface area contributed by atoms with Gasteiger partial charge in [0, 0.05) is 40.8 Å². The Morgan fingerprint density at radius 2 is 1.80 bits per heavy atom. The molecule has 0 bridgehead atoms. The molecule has 1 aromatic carbocycles. The number of sulfonamides is 1. The number of hydrogen-bond acceptors (Lipinski definition) is 7. The number of nitrogens with one attached hydrogen (secondary N) is 2. The van der Waals surface area contributed by atoms with Gasteiger partial charge in [-0.15, -0.1) is 0 Å². The Kier molecular flexibility index (Phi) is 5.57. The Morgan fingerprint density at radius 1 is 0.943 bits per heavy atom. The molecule has 0 aliphatic rings. The highest BCUT2D eigenvalue weighted by Crippen LogP contribution is 2.34. The highest BCUT2D eigenvalue weighted by molar-refractivity contribution is 7.92. The van der Waals surface area contributed by atoms with E-state index >= 15 is 0 Å². The Morgan fingerprint density at radius 3 is 2.54 bits per heavy atom. The number of fused-ring (bicyclic) bond motifs is 1. The zero-order valence-corrected chi connectivity index (χ0v) is 18.8. The van der Waals surface area contributed by atoms with E-state index in [0.29, 0.717) is 28.2 Å². The van der Waals surface area contributed by atoms with E-state index in [2.05, 4.69) is 29.9 Å². The molecule has 0 amide bonds. The molecule has 5 aromatic rings. The molecule has 0 atom stereocenters. The molecule has 0 aliphatic heterocycles. The molecule has 9 nitrogen and oxygen atoms in total. The van der Waals surface area contributed by atoms with Crippen molar-refractivity contribution in [3.05, 3.63) is 78.9 Å². The van der Waals surface area contributed by atoms with Crippen molar-refractivity contribution < 1.29 is 21.9 Å². The lowest BCUT2D eigenvalue weighted by Gasteiger charge is -2.13. The number of benzene rings is 1. The van der Waals surface area contributed by atoms with E-state index < -0.39 is 26.6 Å². The molecule has 0 fully saturated rings. The average molecular weight is 494 g/mol. The summed E-state index contributed by atoms with van der Waals surface area (Å²) in [4.78, 5) is 11.2. The fraction of sp³-hybridized carbons (Fsp3) is 0.0435. The molecule has 2 N–H and O–H groups in total. The van der Waals surface area contributed by atoms with Gasteiger partial charge in [-0.1, -0.05) is 0 Å². The molecular formula is C23H16F2N6O3S. The van der Waals surface area contributed by atoms with Crippen molar-refractivity contribution in [3.8, 4) is 28.3 Å².